The summed E-state index contributed by atoms with van der Waals surface area (Å²) in [7, 11) is -3.84. The van der Waals surface area contributed by atoms with Crippen molar-refractivity contribution in [2.24, 2.45) is 0 Å². The second-order valence-electron chi connectivity index (χ2n) is 6.06. The van der Waals surface area contributed by atoms with E-state index in [1.807, 2.05) is 30.3 Å². The molecule has 1 aliphatic heterocycles. The van der Waals surface area contributed by atoms with Gasteiger partial charge in [-0.25, -0.2) is 8.42 Å². The van der Waals surface area contributed by atoms with Crippen LogP contribution < -0.4 is 10.1 Å². The van der Waals surface area contributed by atoms with Gasteiger partial charge < -0.3 is 10.1 Å². The minimum Gasteiger partial charge on any atom is -0.493 e. The van der Waals surface area contributed by atoms with E-state index in [1.165, 1.54) is 31.2 Å². The lowest BCUT2D eigenvalue weighted by Gasteiger charge is -2.27. The summed E-state index contributed by atoms with van der Waals surface area (Å²) in [5.41, 5.74) is 1.20. The minimum atomic E-state index is -3.84. The maximum absolute atomic E-state index is 12.7. The fraction of sp³-hybridized carbons (Fsp3) is 0.263. The number of hydrogen-bond acceptors (Lipinski definition) is 5. The van der Waals surface area contributed by atoms with E-state index in [4.69, 9.17) is 10.00 Å². The topological polar surface area (TPSA) is 96.3 Å². The van der Waals surface area contributed by atoms with E-state index in [1.54, 1.807) is 0 Å². The summed E-state index contributed by atoms with van der Waals surface area (Å²) in [4.78, 5) is 12.6. The van der Waals surface area contributed by atoms with Gasteiger partial charge in [-0.1, -0.05) is 18.2 Å². The molecule has 1 amide bonds. The maximum Gasteiger partial charge on any atom is 0.238 e. The fourth-order valence-electron chi connectivity index (χ4n) is 2.85. The number of sulfone groups is 1. The number of amides is 1. The first-order valence-corrected chi connectivity index (χ1v) is 9.74. The number of carbonyl (C=O) groups excluding carboxylic acids is 1. The van der Waals surface area contributed by atoms with Gasteiger partial charge in [0.05, 0.1) is 29.2 Å². The number of para-hydroxylation sites is 1. The van der Waals surface area contributed by atoms with Crippen LogP contribution in [0, 0.1) is 11.3 Å². The number of fused-ring (bicyclic) bond motifs is 1. The first-order valence-electron chi connectivity index (χ1n) is 8.19. The Morgan fingerprint density at radius 2 is 1.92 bits per heavy atom. The largest absolute Gasteiger partial charge is 0.493 e. The normalized spacial score (nSPS) is 17.3. The van der Waals surface area contributed by atoms with Crippen molar-refractivity contribution in [2.45, 2.75) is 29.5 Å². The second-order valence-corrected chi connectivity index (χ2v) is 8.33. The number of rotatable bonds is 4. The third-order valence-electron chi connectivity index (χ3n) is 4.42. The van der Waals surface area contributed by atoms with Crippen LogP contribution in [0.15, 0.2) is 53.4 Å². The summed E-state index contributed by atoms with van der Waals surface area (Å²) in [5.74, 6) is 0.141. The van der Waals surface area contributed by atoms with Gasteiger partial charge in [0.25, 0.3) is 0 Å². The van der Waals surface area contributed by atoms with Gasteiger partial charge in [0.2, 0.25) is 5.91 Å². The van der Waals surface area contributed by atoms with Crippen molar-refractivity contribution in [3.8, 4) is 11.8 Å². The lowest BCUT2D eigenvalue weighted by Crippen LogP contribution is -2.41. The molecule has 2 aromatic rings. The molecule has 2 aromatic carbocycles. The number of hydrogen-bond donors (Lipinski definition) is 1. The number of nitrogens with zero attached hydrogens (tertiary/aromatic N) is 1. The van der Waals surface area contributed by atoms with Crippen LogP contribution in [0.4, 0.5) is 0 Å². The standard InChI is InChI=1S/C19H18N2O4S/c1-13(26(23,24)15-8-6-14(12-20)7-9-15)19(22)21-17-10-11-25-18-5-3-2-4-16(17)18/h2-9,13,17H,10-11H2,1H3,(H,21,22)/t13-,17+/m1/s1. The van der Waals surface area contributed by atoms with Gasteiger partial charge in [-0.05, 0) is 37.3 Å². The van der Waals surface area contributed by atoms with Crippen LogP contribution in [0.2, 0.25) is 0 Å². The van der Waals surface area contributed by atoms with Crippen LogP contribution in [0.1, 0.15) is 30.5 Å². The van der Waals surface area contributed by atoms with E-state index >= 15 is 0 Å². The quantitative estimate of drug-likeness (QED) is 0.891. The number of nitrogens with one attached hydrogen (secondary N) is 1. The average Bonchev–Trinajstić information content (AvgIpc) is 2.67. The lowest BCUT2D eigenvalue weighted by molar-refractivity contribution is -0.121. The average molecular weight is 370 g/mol. The van der Waals surface area contributed by atoms with Crippen LogP contribution >= 0.6 is 0 Å². The summed E-state index contributed by atoms with van der Waals surface area (Å²) in [6, 6.07) is 14.6. The van der Waals surface area contributed by atoms with Gasteiger partial charge in [-0.2, -0.15) is 5.26 Å². The molecule has 0 radical (unpaired) electrons. The van der Waals surface area contributed by atoms with Crippen molar-refractivity contribution in [3.63, 3.8) is 0 Å². The van der Waals surface area contributed by atoms with Crippen LogP contribution in [0.25, 0.3) is 0 Å². The van der Waals surface area contributed by atoms with E-state index in [2.05, 4.69) is 5.32 Å². The van der Waals surface area contributed by atoms with Gasteiger partial charge >= 0.3 is 0 Å². The minimum absolute atomic E-state index is 0.0199. The van der Waals surface area contributed by atoms with Crippen LogP contribution in [-0.2, 0) is 14.6 Å². The molecule has 0 saturated heterocycles. The molecule has 134 valence electrons. The SMILES string of the molecule is C[C@H](C(=O)N[C@H]1CCOc2ccccc21)S(=O)(=O)c1ccc(C#N)cc1. The molecule has 0 fully saturated rings. The van der Waals surface area contributed by atoms with Crippen LogP contribution in [0.5, 0.6) is 5.75 Å². The lowest BCUT2D eigenvalue weighted by atomic mass is 10.0. The molecule has 0 spiro atoms. The molecule has 1 heterocycles. The molecule has 0 saturated carbocycles. The predicted molar refractivity (Wildman–Crippen MR) is 95.2 cm³/mol. The Hall–Kier alpha value is -2.85. The van der Waals surface area contributed by atoms with Gasteiger partial charge in [0.1, 0.15) is 11.0 Å². The van der Waals surface area contributed by atoms with Gasteiger partial charge in [-0.15, -0.1) is 0 Å². The third-order valence-corrected chi connectivity index (χ3v) is 6.50. The van der Waals surface area contributed by atoms with Crippen molar-refractivity contribution in [3.05, 3.63) is 59.7 Å². The monoisotopic (exact) mass is 370 g/mol. The zero-order chi connectivity index (χ0) is 18.7. The predicted octanol–water partition coefficient (Wildman–Crippen LogP) is 2.36. The molecule has 0 bridgehead atoms. The molecule has 1 aliphatic rings. The second kappa shape index (κ2) is 7.18. The highest BCUT2D eigenvalue weighted by Crippen LogP contribution is 2.31. The van der Waals surface area contributed by atoms with Crippen molar-refractivity contribution in [1.29, 1.82) is 5.26 Å². The highest BCUT2D eigenvalue weighted by Gasteiger charge is 2.32. The number of ether oxygens (including phenoxy) is 1. The Balaban J connectivity index is 1.78. The van der Waals surface area contributed by atoms with E-state index in [0.717, 1.165) is 5.56 Å². The van der Waals surface area contributed by atoms with Crippen molar-refractivity contribution >= 4 is 15.7 Å². The zero-order valence-electron chi connectivity index (χ0n) is 14.2. The summed E-state index contributed by atoms with van der Waals surface area (Å²) in [6.07, 6.45) is 0.576. The molecule has 6 nitrogen and oxygen atoms in total. The van der Waals surface area contributed by atoms with Crippen molar-refractivity contribution in [2.75, 3.05) is 6.61 Å². The van der Waals surface area contributed by atoms with E-state index in [0.29, 0.717) is 24.3 Å². The van der Waals surface area contributed by atoms with Crippen molar-refractivity contribution < 1.29 is 17.9 Å². The molecule has 1 N–H and O–H groups in total. The summed E-state index contributed by atoms with van der Waals surface area (Å²) in [6.45, 7) is 1.83. The first kappa shape index (κ1) is 18.0. The Kier molecular flexibility index (Phi) is 4.96. The summed E-state index contributed by atoms with van der Waals surface area (Å²) >= 11 is 0. The molecule has 0 aliphatic carbocycles. The summed E-state index contributed by atoms with van der Waals surface area (Å²) in [5, 5.41) is 10.4. The van der Waals surface area contributed by atoms with E-state index in [-0.39, 0.29) is 10.9 Å². The Bertz CT molecular complexity index is 962. The van der Waals surface area contributed by atoms with Crippen molar-refractivity contribution in [1.82, 2.24) is 5.32 Å². The molecule has 3 rings (SSSR count). The maximum atomic E-state index is 12.7. The number of nitriles is 1. The zero-order valence-corrected chi connectivity index (χ0v) is 15.0. The molecule has 0 aromatic heterocycles. The Morgan fingerprint density at radius 3 is 2.62 bits per heavy atom. The Morgan fingerprint density at radius 1 is 1.23 bits per heavy atom. The summed E-state index contributed by atoms with van der Waals surface area (Å²) < 4.78 is 30.9. The van der Waals surface area contributed by atoms with Gasteiger partial charge in [0.15, 0.2) is 9.84 Å². The highest BCUT2D eigenvalue weighted by atomic mass is 32.2. The van der Waals surface area contributed by atoms with Crippen LogP contribution in [-0.4, -0.2) is 26.2 Å². The van der Waals surface area contributed by atoms with Gasteiger partial charge in [-0.3, -0.25) is 4.79 Å². The highest BCUT2D eigenvalue weighted by molar-refractivity contribution is 7.92. The van der Waals surface area contributed by atoms with Crippen LogP contribution in [0.3, 0.4) is 0 Å². The molecular formula is C19H18N2O4S. The molecule has 2 atom stereocenters. The van der Waals surface area contributed by atoms with E-state index < -0.39 is 21.0 Å². The smallest absolute Gasteiger partial charge is 0.238 e. The number of benzene rings is 2. The molecule has 7 heteroatoms. The molecule has 0 unspecified atom stereocenters. The Labute approximate surface area is 152 Å². The van der Waals surface area contributed by atoms with Gasteiger partial charge in [0, 0.05) is 12.0 Å². The van der Waals surface area contributed by atoms with E-state index in [9.17, 15) is 13.2 Å². The molecular weight excluding hydrogens is 352 g/mol. The number of carbonyl (C=O) groups is 1. The first-order chi connectivity index (χ1) is 12.4. The molecule has 26 heavy (non-hydrogen) atoms. The third kappa shape index (κ3) is 3.41. The fourth-order valence-corrected chi connectivity index (χ4v) is 4.12.